The first kappa shape index (κ1) is 13.4. The smallest absolute Gasteiger partial charge is 0.338 e. The second-order valence-electron chi connectivity index (χ2n) is 4.30. The number of fused-ring (bicyclic) bond motifs is 1. The fourth-order valence-electron chi connectivity index (χ4n) is 2.09. The van der Waals surface area contributed by atoms with Crippen molar-refractivity contribution in [1.29, 1.82) is 0 Å². The van der Waals surface area contributed by atoms with Gasteiger partial charge in [0, 0.05) is 6.07 Å². The van der Waals surface area contributed by atoms with Gasteiger partial charge in [-0.2, -0.15) is 0 Å². The molecule has 2 aromatic carbocycles. The van der Waals surface area contributed by atoms with Crippen LogP contribution in [0.3, 0.4) is 0 Å². The Hall–Kier alpha value is -2.60. The number of carboxylic acids is 1. The van der Waals surface area contributed by atoms with Crippen molar-refractivity contribution in [3.63, 3.8) is 0 Å². The van der Waals surface area contributed by atoms with E-state index < -0.39 is 5.97 Å². The molecule has 0 saturated carbocycles. The van der Waals surface area contributed by atoms with Crippen LogP contribution < -0.4 is 4.74 Å². The van der Waals surface area contributed by atoms with Gasteiger partial charge in [-0.15, -0.1) is 5.10 Å². The van der Waals surface area contributed by atoms with Crippen molar-refractivity contribution in [1.82, 2.24) is 15.0 Å². The molecule has 6 nitrogen and oxygen atoms in total. The molecule has 0 fully saturated rings. The maximum absolute atomic E-state index is 11.2. The van der Waals surface area contributed by atoms with Crippen molar-refractivity contribution in [2.24, 2.45) is 0 Å². The van der Waals surface area contributed by atoms with Gasteiger partial charge >= 0.3 is 5.97 Å². The van der Waals surface area contributed by atoms with E-state index in [1.54, 1.807) is 35.0 Å². The first-order valence-electron chi connectivity index (χ1n) is 6.03. The highest BCUT2D eigenvalue weighted by molar-refractivity contribution is 6.32. The maximum Gasteiger partial charge on any atom is 0.338 e. The highest BCUT2D eigenvalue weighted by Gasteiger charge is 2.15. The lowest BCUT2D eigenvalue weighted by Crippen LogP contribution is -1.99. The number of hydrogen-bond acceptors (Lipinski definition) is 4. The van der Waals surface area contributed by atoms with Gasteiger partial charge in [-0.3, -0.25) is 0 Å². The Morgan fingerprint density at radius 2 is 2.14 bits per heavy atom. The number of rotatable bonds is 3. The topological polar surface area (TPSA) is 77.2 Å². The molecule has 7 heteroatoms. The van der Waals surface area contributed by atoms with Crippen LogP contribution in [0.1, 0.15) is 10.4 Å². The summed E-state index contributed by atoms with van der Waals surface area (Å²) in [4.78, 5) is 11.2. The molecule has 3 rings (SSSR count). The van der Waals surface area contributed by atoms with Gasteiger partial charge in [0.25, 0.3) is 0 Å². The van der Waals surface area contributed by atoms with Crippen molar-refractivity contribution >= 4 is 28.6 Å². The Morgan fingerprint density at radius 3 is 2.86 bits per heavy atom. The lowest BCUT2D eigenvalue weighted by Gasteiger charge is -2.07. The van der Waals surface area contributed by atoms with Crippen LogP contribution in [-0.4, -0.2) is 33.2 Å². The molecule has 106 valence electrons. The summed E-state index contributed by atoms with van der Waals surface area (Å²) >= 11 is 5.99. The highest BCUT2D eigenvalue weighted by Crippen LogP contribution is 2.28. The molecule has 0 amide bonds. The lowest BCUT2D eigenvalue weighted by molar-refractivity contribution is 0.0699. The van der Waals surface area contributed by atoms with Crippen molar-refractivity contribution < 1.29 is 14.6 Å². The molecule has 0 aliphatic carbocycles. The van der Waals surface area contributed by atoms with Gasteiger partial charge in [0.05, 0.1) is 28.9 Å². The third kappa shape index (κ3) is 2.19. The number of benzene rings is 2. The van der Waals surface area contributed by atoms with E-state index in [2.05, 4.69) is 10.3 Å². The van der Waals surface area contributed by atoms with Crippen LogP contribution in [0, 0.1) is 0 Å². The van der Waals surface area contributed by atoms with Gasteiger partial charge < -0.3 is 9.84 Å². The molecule has 0 radical (unpaired) electrons. The number of aromatic carboxylic acids is 1. The summed E-state index contributed by atoms with van der Waals surface area (Å²) in [5, 5.41) is 17.6. The van der Waals surface area contributed by atoms with Crippen molar-refractivity contribution in [3.05, 3.63) is 47.0 Å². The van der Waals surface area contributed by atoms with E-state index in [1.807, 2.05) is 0 Å². The van der Waals surface area contributed by atoms with Crippen molar-refractivity contribution in [2.45, 2.75) is 0 Å². The molecular formula is C14H10ClN3O3. The van der Waals surface area contributed by atoms with E-state index in [0.717, 1.165) is 0 Å². The zero-order valence-corrected chi connectivity index (χ0v) is 11.7. The van der Waals surface area contributed by atoms with Gasteiger partial charge in [-0.1, -0.05) is 22.9 Å². The van der Waals surface area contributed by atoms with Crippen LogP contribution in [0.15, 0.2) is 36.4 Å². The van der Waals surface area contributed by atoms with Crippen LogP contribution in [0.4, 0.5) is 0 Å². The molecule has 3 aromatic rings. The highest BCUT2D eigenvalue weighted by atomic mass is 35.5. The lowest BCUT2D eigenvalue weighted by atomic mass is 10.2. The van der Waals surface area contributed by atoms with Gasteiger partial charge in [-0.05, 0) is 24.3 Å². The van der Waals surface area contributed by atoms with Gasteiger partial charge in [0.1, 0.15) is 11.3 Å². The number of hydrogen-bond donors (Lipinski definition) is 1. The van der Waals surface area contributed by atoms with Crippen molar-refractivity contribution in [3.8, 4) is 11.4 Å². The molecule has 0 atom stereocenters. The quantitative estimate of drug-likeness (QED) is 0.805. The number of carbonyl (C=O) groups is 1. The molecule has 1 heterocycles. The van der Waals surface area contributed by atoms with Crippen LogP contribution in [0.25, 0.3) is 16.7 Å². The largest absolute Gasteiger partial charge is 0.495 e. The average Bonchev–Trinajstić information content (AvgIpc) is 2.91. The molecule has 0 spiro atoms. The number of methoxy groups -OCH3 is 1. The van der Waals surface area contributed by atoms with Crippen LogP contribution >= 0.6 is 11.6 Å². The Bertz CT molecular complexity index is 845. The van der Waals surface area contributed by atoms with E-state index in [9.17, 15) is 4.79 Å². The molecule has 0 aliphatic rings. The molecular weight excluding hydrogens is 294 g/mol. The minimum absolute atomic E-state index is 0.111. The molecule has 0 bridgehead atoms. The third-order valence-corrected chi connectivity index (χ3v) is 3.40. The molecule has 1 aromatic heterocycles. The van der Waals surface area contributed by atoms with Crippen molar-refractivity contribution in [2.75, 3.05) is 7.11 Å². The summed E-state index contributed by atoms with van der Waals surface area (Å²) in [6, 6.07) is 10.0. The van der Waals surface area contributed by atoms with Crippen LogP contribution in [0.5, 0.6) is 5.75 Å². The van der Waals surface area contributed by atoms with E-state index in [0.29, 0.717) is 27.5 Å². The van der Waals surface area contributed by atoms with E-state index in [4.69, 9.17) is 21.4 Å². The summed E-state index contributed by atoms with van der Waals surface area (Å²) in [6.45, 7) is 0. The first-order valence-corrected chi connectivity index (χ1v) is 6.41. The zero-order chi connectivity index (χ0) is 15.0. The molecule has 1 N–H and O–H groups in total. The minimum atomic E-state index is -1.04. The number of nitrogens with zero attached hydrogens (tertiary/aromatic N) is 3. The molecule has 21 heavy (non-hydrogen) atoms. The summed E-state index contributed by atoms with van der Waals surface area (Å²) in [5.41, 5.74) is 1.72. The normalized spacial score (nSPS) is 10.8. The minimum Gasteiger partial charge on any atom is -0.495 e. The molecule has 0 aliphatic heterocycles. The standard InChI is InChI=1S/C14H10ClN3O3/c1-21-12-7-8(5-6-10(12)15)18-11-4-2-3-9(14(19)20)13(11)16-17-18/h2-7H,1H3,(H,19,20). The monoisotopic (exact) mass is 303 g/mol. The fraction of sp³-hybridized carbons (Fsp3) is 0.0714. The molecule has 0 unspecified atom stereocenters. The summed E-state index contributed by atoms with van der Waals surface area (Å²) < 4.78 is 6.71. The maximum atomic E-state index is 11.2. The number of aromatic nitrogens is 3. The van der Waals surface area contributed by atoms with Crippen LogP contribution in [-0.2, 0) is 0 Å². The second kappa shape index (κ2) is 5.06. The first-order chi connectivity index (χ1) is 10.1. The SMILES string of the molecule is COc1cc(-n2nnc3c(C(=O)O)cccc32)ccc1Cl. The van der Waals surface area contributed by atoms with Gasteiger partial charge in [0.2, 0.25) is 0 Å². The van der Waals surface area contributed by atoms with Gasteiger partial charge in [0.15, 0.2) is 0 Å². The number of halogens is 1. The summed E-state index contributed by atoms with van der Waals surface area (Å²) in [7, 11) is 1.52. The predicted molar refractivity (Wildman–Crippen MR) is 77.4 cm³/mol. The number of carboxylic acid groups (broad SMARTS) is 1. The van der Waals surface area contributed by atoms with E-state index >= 15 is 0 Å². The Morgan fingerprint density at radius 1 is 1.33 bits per heavy atom. The molecule has 0 saturated heterocycles. The predicted octanol–water partition coefficient (Wildman–Crippen LogP) is 2.78. The zero-order valence-electron chi connectivity index (χ0n) is 10.9. The Balaban J connectivity index is 2.22. The average molecular weight is 304 g/mol. The Labute approximate surface area is 124 Å². The summed E-state index contributed by atoms with van der Waals surface area (Å²) in [5.74, 6) is -0.534. The second-order valence-corrected chi connectivity index (χ2v) is 4.71. The summed E-state index contributed by atoms with van der Waals surface area (Å²) in [6.07, 6.45) is 0. The fourth-order valence-corrected chi connectivity index (χ4v) is 2.28. The van der Waals surface area contributed by atoms with E-state index in [-0.39, 0.29) is 5.56 Å². The van der Waals surface area contributed by atoms with Gasteiger partial charge in [-0.25, -0.2) is 9.48 Å². The van der Waals surface area contributed by atoms with Crippen LogP contribution in [0.2, 0.25) is 5.02 Å². The Kier molecular flexibility index (Phi) is 3.23. The third-order valence-electron chi connectivity index (χ3n) is 3.09. The number of ether oxygens (including phenoxy) is 1. The van der Waals surface area contributed by atoms with E-state index in [1.165, 1.54) is 13.2 Å².